The highest BCUT2D eigenvalue weighted by molar-refractivity contribution is 5.99. The van der Waals surface area contributed by atoms with E-state index in [-0.39, 0.29) is 22.9 Å². The molecule has 0 spiro atoms. The third-order valence-electron chi connectivity index (χ3n) is 4.31. The Balaban J connectivity index is 1.73. The molecule has 2 aromatic heterocycles. The molecule has 138 valence electrons. The van der Waals surface area contributed by atoms with E-state index in [4.69, 9.17) is 0 Å². The van der Waals surface area contributed by atoms with Crippen LogP contribution in [0.2, 0.25) is 0 Å². The van der Waals surface area contributed by atoms with Crippen molar-refractivity contribution in [1.82, 2.24) is 9.97 Å². The largest absolute Gasteiger partial charge is 0.493 e. The van der Waals surface area contributed by atoms with E-state index in [1.54, 1.807) is 19.1 Å². The van der Waals surface area contributed by atoms with Crippen LogP contribution in [0.1, 0.15) is 16.1 Å². The number of para-hydroxylation sites is 1. The summed E-state index contributed by atoms with van der Waals surface area (Å²) in [5.41, 5.74) is 1.59. The normalized spacial score (nSPS) is 11.5. The Kier molecular flexibility index (Phi) is 4.04. The second-order valence-electron chi connectivity index (χ2n) is 6.16. The van der Waals surface area contributed by atoms with Crippen molar-refractivity contribution < 1.29 is 14.8 Å². The number of aromatic hydroxyl groups is 1. The first-order chi connectivity index (χ1) is 13.4. The zero-order valence-electron chi connectivity index (χ0n) is 14.6. The zero-order valence-corrected chi connectivity index (χ0v) is 14.6. The van der Waals surface area contributed by atoms with Gasteiger partial charge in [0.25, 0.3) is 5.69 Å². The predicted molar refractivity (Wildman–Crippen MR) is 102 cm³/mol. The third-order valence-corrected chi connectivity index (χ3v) is 4.31. The van der Waals surface area contributed by atoms with Gasteiger partial charge < -0.3 is 10.1 Å². The van der Waals surface area contributed by atoms with Crippen LogP contribution >= 0.6 is 0 Å². The molecule has 28 heavy (non-hydrogen) atoms. The van der Waals surface area contributed by atoms with Crippen molar-refractivity contribution in [3.05, 3.63) is 69.9 Å². The first-order valence-corrected chi connectivity index (χ1v) is 8.25. The Hall–Kier alpha value is -4.14. The second-order valence-corrected chi connectivity index (χ2v) is 6.16. The van der Waals surface area contributed by atoms with Crippen molar-refractivity contribution in [2.75, 3.05) is 0 Å². The van der Waals surface area contributed by atoms with Crippen LogP contribution in [0.3, 0.4) is 0 Å². The fraction of sp³-hybridized carbons (Fsp3) is 0.0526. The number of carbonyl (C=O) groups is 1. The quantitative estimate of drug-likeness (QED) is 0.307. The van der Waals surface area contributed by atoms with Crippen molar-refractivity contribution in [3.8, 4) is 5.88 Å². The number of carbonyl (C=O) groups excluding carboxylic acids is 1. The standard InChI is InChI=1S/C19H13N5O4/c1-10-8-12(24(27)28)9-13-16(10)21-19(26)17(13)22-23-18(25)15-7-6-11-4-2-3-5-14(11)20-15/h2-9,21,26H,1H3. The zero-order chi connectivity index (χ0) is 19.8. The lowest BCUT2D eigenvalue weighted by Gasteiger charge is -1.99. The average Bonchev–Trinajstić information content (AvgIpc) is 3.01. The Labute approximate surface area is 157 Å². The molecular weight excluding hydrogens is 362 g/mol. The lowest BCUT2D eigenvalue weighted by molar-refractivity contribution is -0.384. The molecule has 0 atom stereocenters. The van der Waals surface area contributed by atoms with Gasteiger partial charge >= 0.3 is 5.91 Å². The smallest absolute Gasteiger partial charge is 0.313 e. The van der Waals surface area contributed by atoms with Gasteiger partial charge in [-0.25, -0.2) is 4.98 Å². The molecule has 0 aliphatic rings. The van der Waals surface area contributed by atoms with E-state index < -0.39 is 10.8 Å². The summed E-state index contributed by atoms with van der Waals surface area (Å²) in [6.45, 7) is 1.66. The lowest BCUT2D eigenvalue weighted by atomic mass is 10.1. The molecule has 0 bridgehead atoms. The number of hydrogen-bond donors (Lipinski definition) is 2. The number of pyridine rings is 1. The molecule has 4 rings (SSSR count). The highest BCUT2D eigenvalue weighted by Gasteiger charge is 2.18. The number of rotatable bonds is 3. The maximum Gasteiger partial charge on any atom is 0.313 e. The van der Waals surface area contributed by atoms with Crippen LogP contribution < -0.4 is 0 Å². The number of aromatic amines is 1. The molecular formula is C19H13N5O4. The molecule has 0 unspecified atom stereocenters. The van der Waals surface area contributed by atoms with Crippen molar-refractivity contribution in [2.24, 2.45) is 10.2 Å². The number of aromatic nitrogens is 2. The SMILES string of the molecule is Cc1cc([N+](=O)[O-])cc2c(N=NC(=O)c3ccc4ccccc4n3)c(O)[nH]c12. The molecule has 2 heterocycles. The summed E-state index contributed by atoms with van der Waals surface area (Å²) in [5.74, 6) is -1.02. The second kappa shape index (κ2) is 6.54. The highest BCUT2D eigenvalue weighted by atomic mass is 16.6. The number of amides is 1. The van der Waals surface area contributed by atoms with Crippen molar-refractivity contribution in [3.63, 3.8) is 0 Å². The van der Waals surface area contributed by atoms with Gasteiger partial charge in [-0.2, -0.15) is 0 Å². The van der Waals surface area contributed by atoms with E-state index in [1.807, 2.05) is 18.2 Å². The minimum absolute atomic E-state index is 0.0454. The minimum atomic E-state index is -0.693. The molecule has 2 N–H and O–H groups in total. The summed E-state index contributed by atoms with van der Waals surface area (Å²) in [6.07, 6.45) is 0. The predicted octanol–water partition coefficient (Wildman–Crippen LogP) is 4.56. The van der Waals surface area contributed by atoms with Gasteiger partial charge in [0.2, 0.25) is 5.88 Å². The van der Waals surface area contributed by atoms with Gasteiger partial charge in [0.1, 0.15) is 5.69 Å². The number of fused-ring (bicyclic) bond motifs is 2. The molecule has 0 saturated heterocycles. The molecule has 0 aliphatic carbocycles. The first-order valence-electron chi connectivity index (χ1n) is 8.25. The number of azo groups is 1. The summed E-state index contributed by atoms with van der Waals surface area (Å²) < 4.78 is 0. The van der Waals surface area contributed by atoms with Gasteiger partial charge in [-0.05, 0) is 24.6 Å². The lowest BCUT2D eigenvalue weighted by Crippen LogP contribution is -1.97. The monoisotopic (exact) mass is 375 g/mol. The van der Waals surface area contributed by atoms with Crippen molar-refractivity contribution >= 4 is 39.1 Å². The summed E-state index contributed by atoms with van der Waals surface area (Å²) in [6, 6.07) is 13.3. The topological polar surface area (TPSA) is 134 Å². The number of nitro groups is 1. The van der Waals surface area contributed by atoms with Crippen LogP contribution in [-0.4, -0.2) is 25.9 Å². The van der Waals surface area contributed by atoms with Gasteiger partial charge in [0, 0.05) is 22.9 Å². The molecule has 4 aromatic rings. The molecule has 0 fully saturated rings. The third kappa shape index (κ3) is 2.94. The molecule has 9 nitrogen and oxygen atoms in total. The maximum atomic E-state index is 12.4. The van der Waals surface area contributed by atoms with Crippen LogP contribution in [-0.2, 0) is 0 Å². The molecule has 9 heteroatoms. The number of nitrogens with one attached hydrogen (secondary N) is 1. The van der Waals surface area contributed by atoms with Gasteiger partial charge in [0.15, 0.2) is 5.69 Å². The van der Waals surface area contributed by atoms with Gasteiger partial charge in [-0.15, -0.1) is 10.2 Å². The Morgan fingerprint density at radius 3 is 2.79 bits per heavy atom. The number of aryl methyl sites for hydroxylation is 1. The van der Waals surface area contributed by atoms with Gasteiger partial charge in [-0.1, -0.05) is 24.3 Å². The molecule has 1 amide bonds. The van der Waals surface area contributed by atoms with E-state index in [2.05, 4.69) is 20.2 Å². The average molecular weight is 375 g/mol. The van der Waals surface area contributed by atoms with E-state index in [1.165, 1.54) is 18.2 Å². The minimum Gasteiger partial charge on any atom is -0.493 e. The Morgan fingerprint density at radius 2 is 2.00 bits per heavy atom. The van der Waals surface area contributed by atoms with Crippen LogP contribution in [0, 0.1) is 17.0 Å². The highest BCUT2D eigenvalue weighted by Crippen LogP contribution is 2.39. The van der Waals surface area contributed by atoms with Crippen LogP contribution in [0.15, 0.2) is 58.8 Å². The maximum absolute atomic E-state index is 12.4. The fourth-order valence-corrected chi connectivity index (χ4v) is 2.96. The molecule has 2 aromatic carbocycles. The van der Waals surface area contributed by atoms with Crippen LogP contribution in [0.5, 0.6) is 5.88 Å². The Morgan fingerprint density at radius 1 is 1.21 bits per heavy atom. The van der Waals surface area contributed by atoms with Gasteiger partial charge in [0.05, 0.1) is 16.0 Å². The summed E-state index contributed by atoms with van der Waals surface area (Å²) in [4.78, 5) is 29.8. The first kappa shape index (κ1) is 17.3. The Bertz CT molecular complexity index is 1290. The number of nitro benzene ring substituents is 1. The molecule has 0 saturated carbocycles. The summed E-state index contributed by atoms with van der Waals surface area (Å²) >= 11 is 0. The van der Waals surface area contributed by atoms with Crippen LogP contribution in [0.4, 0.5) is 11.4 Å². The van der Waals surface area contributed by atoms with E-state index in [0.717, 1.165) is 5.39 Å². The van der Waals surface area contributed by atoms with Crippen molar-refractivity contribution in [1.29, 1.82) is 0 Å². The molecule has 0 radical (unpaired) electrons. The molecule has 0 aliphatic heterocycles. The number of benzene rings is 2. The summed E-state index contributed by atoms with van der Waals surface area (Å²) in [5, 5.41) is 29.8. The fourth-order valence-electron chi connectivity index (χ4n) is 2.96. The van der Waals surface area contributed by atoms with E-state index in [9.17, 15) is 20.0 Å². The number of nitrogens with zero attached hydrogens (tertiary/aromatic N) is 4. The summed E-state index contributed by atoms with van der Waals surface area (Å²) in [7, 11) is 0. The van der Waals surface area contributed by atoms with E-state index in [0.29, 0.717) is 22.0 Å². The van der Waals surface area contributed by atoms with Gasteiger partial charge in [-0.3, -0.25) is 14.9 Å². The number of H-pyrrole nitrogens is 1. The number of non-ortho nitro benzene ring substituents is 1. The van der Waals surface area contributed by atoms with E-state index >= 15 is 0 Å². The number of hydrogen-bond acceptors (Lipinski definition) is 6. The van der Waals surface area contributed by atoms with Crippen LogP contribution in [0.25, 0.3) is 21.8 Å². The van der Waals surface area contributed by atoms with Crippen molar-refractivity contribution in [2.45, 2.75) is 6.92 Å².